The van der Waals surface area contributed by atoms with Gasteiger partial charge in [0.2, 0.25) is 0 Å². The summed E-state index contributed by atoms with van der Waals surface area (Å²) in [4.78, 5) is 25.9. The minimum Gasteiger partial charge on any atom is -0.465 e. The lowest BCUT2D eigenvalue weighted by atomic mass is 9.90. The Balaban J connectivity index is 1.78. The lowest BCUT2D eigenvalue weighted by molar-refractivity contribution is -0.275. The Morgan fingerprint density at radius 3 is 2.59 bits per heavy atom. The van der Waals surface area contributed by atoms with Gasteiger partial charge in [-0.3, -0.25) is 4.79 Å². The smallest absolute Gasteiger partial charge is 0.325 e. The van der Waals surface area contributed by atoms with Crippen molar-refractivity contribution in [2.24, 2.45) is 5.92 Å². The third-order valence-electron chi connectivity index (χ3n) is 6.17. The van der Waals surface area contributed by atoms with E-state index < -0.39 is 18.3 Å². The molecule has 0 saturated carbocycles. The van der Waals surface area contributed by atoms with Crippen LogP contribution in [0.25, 0.3) is 0 Å². The van der Waals surface area contributed by atoms with Crippen LogP contribution in [-0.4, -0.2) is 61.4 Å². The van der Waals surface area contributed by atoms with E-state index in [1.165, 1.54) is 0 Å². The molecular formula is C28H37N3O6. The number of hydrogen-bond donors (Lipinski definition) is 3. The topological polar surface area (TPSA) is 109 Å². The van der Waals surface area contributed by atoms with Gasteiger partial charge < -0.3 is 34.9 Å². The Kier molecular flexibility index (Phi) is 10.6. The Morgan fingerprint density at radius 1 is 1.16 bits per heavy atom. The number of hydrogen-bond acceptors (Lipinski definition) is 7. The molecule has 1 saturated heterocycles. The quantitative estimate of drug-likeness (QED) is 0.311. The molecule has 0 bridgehead atoms. The highest BCUT2D eigenvalue weighted by Gasteiger charge is 2.38. The first-order chi connectivity index (χ1) is 17.8. The maximum atomic E-state index is 12.3. The van der Waals surface area contributed by atoms with E-state index in [1.54, 1.807) is 19.1 Å². The summed E-state index contributed by atoms with van der Waals surface area (Å²) in [5.74, 6) is -0.450. The van der Waals surface area contributed by atoms with Crippen LogP contribution in [0.3, 0.4) is 0 Å². The number of carbonyl (C=O) groups is 2. The van der Waals surface area contributed by atoms with Gasteiger partial charge in [-0.15, -0.1) is 6.58 Å². The Labute approximate surface area is 218 Å². The summed E-state index contributed by atoms with van der Waals surface area (Å²) >= 11 is 0. The van der Waals surface area contributed by atoms with Crippen molar-refractivity contribution in [1.29, 1.82) is 0 Å². The molecule has 0 aliphatic carbocycles. The number of benzene rings is 2. The van der Waals surface area contributed by atoms with Crippen LogP contribution < -0.4 is 10.6 Å². The minimum atomic E-state index is -0.662. The molecule has 4 atom stereocenters. The molecule has 0 unspecified atom stereocenters. The largest absolute Gasteiger partial charge is 0.465 e. The van der Waals surface area contributed by atoms with Crippen molar-refractivity contribution < 1.29 is 28.9 Å². The average Bonchev–Trinajstić information content (AvgIpc) is 2.89. The van der Waals surface area contributed by atoms with E-state index in [0.717, 1.165) is 23.2 Å². The second-order valence-electron chi connectivity index (χ2n) is 9.07. The predicted molar refractivity (Wildman–Crippen MR) is 141 cm³/mol. The van der Waals surface area contributed by atoms with Gasteiger partial charge in [0.05, 0.1) is 25.4 Å². The molecule has 1 heterocycles. The van der Waals surface area contributed by atoms with Crippen molar-refractivity contribution >= 4 is 17.7 Å². The standard InChI is InChI=1S/C28H37N3O6/c1-5-14-31(4)17-24-19(3)26(21-12-10-20(18-32)11-13-21)37-27(36-24)22-8-7-9-23(15-22)30-28(34)29-16-25(33)35-6-2/h5,7-13,15,19,24,26-27,32H,1,6,14,16-18H2,2-4H3,(H2,29,30,34)/t19-,24+,26+,27+/m1/s1. The van der Waals surface area contributed by atoms with E-state index in [0.29, 0.717) is 12.2 Å². The number of carbonyl (C=O) groups excluding carboxylic acids is 2. The van der Waals surface area contributed by atoms with Crippen LogP contribution in [0.1, 0.15) is 42.9 Å². The normalized spacial score (nSPS) is 21.3. The van der Waals surface area contributed by atoms with Crippen LogP contribution in [-0.2, 0) is 25.6 Å². The highest BCUT2D eigenvalue weighted by Crippen LogP contribution is 2.42. The molecule has 37 heavy (non-hydrogen) atoms. The van der Waals surface area contributed by atoms with Gasteiger partial charge in [0, 0.05) is 30.3 Å². The SMILES string of the molecule is C=CCN(C)C[C@@H]1O[C@H](c2cccc(NC(=O)NCC(=O)OCC)c2)O[C@H](c2ccc(CO)cc2)[C@@H]1C. The van der Waals surface area contributed by atoms with E-state index in [9.17, 15) is 14.7 Å². The summed E-state index contributed by atoms with van der Waals surface area (Å²) in [6.07, 6.45) is 0.827. The molecule has 2 aromatic rings. The summed E-state index contributed by atoms with van der Waals surface area (Å²) < 4.78 is 17.7. The molecule has 9 heteroatoms. The molecule has 3 rings (SSSR count). The van der Waals surface area contributed by atoms with Gasteiger partial charge in [0.25, 0.3) is 0 Å². The molecular weight excluding hydrogens is 474 g/mol. The third kappa shape index (κ3) is 8.13. The molecule has 1 aliphatic rings. The number of aliphatic hydroxyl groups excluding tert-OH is 1. The van der Waals surface area contributed by atoms with Crippen molar-refractivity contribution in [3.05, 3.63) is 77.9 Å². The lowest BCUT2D eigenvalue weighted by Crippen LogP contribution is -2.43. The van der Waals surface area contributed by atoms with Crippen LogP contribution in [0.4, 0.5) is 10.5 Å². The van der Waals surface area contributed by atoms with Crippen LogP contribution in [0, 0.1) is 5.92 Å². The van der Waals surface area contributed by atoms with Gasteiger partial charge in [-0.1, -0.05) is 49.4 Å². The Morgan fingerprint density at radius 2 is 1.92 bits per heavy atom. The summed E-state index contributed by atoms with van der Waals surface area (Å²) in [6.45, 7) is 9.07. The van der Waals surface area contributed by atoms with Crippen LogP contribution in [0.5, 0.6) is 0 Å². The minimum absolute atomic E-state index is 0.0186. The number of esters is 1. The average molecular weight is 512 g/mol. The first-order valence-electron chi connectivity index (χ1n) is 12.4. The number of urea groups is 1. The number of nitrogens with zero attached hydrogens (tertiary/aromatic N) is 1. The third-order valence-corrected chi connectivity index (χ3v) is 6.17. The van der Waals surface area contributed by atoms with Gasteiger partial charge in [-0.2, -0.15) is 0 Å². The number of amides is 2. The molecule has 1 aliphatic heterocycles. The second kappa shape index (κ2) is 13.9. The van der Waals surface area contributed by atoms with Gasteiger partial charge in [-0.25, -0.2) is 4.79 Å². The fourth-order valence-electron chi connectivity index (χ4n) is 4.23. The van der Waals surface area contributed by atoms with E-state index in [-0.39, 0.29) is 37.9 Å². The van der Waals surface area contributed by atoms with Crippen molar-refractivity contribution in [2.45, 2.75) is 39.0 Å². The molecule has 0 radical (unpaired) electrons. The number of likely N-dealkylation sites (N-methyl/N-ethyl adjacent to an activating group) is 1. The van der Waals surface area contributed by atoms with Crippen molar-refractivity contribution in [2.75, 3.05) is 38.6 Å². The zero-order chi connectivity index (χ0) is 26.8. The summed E-state index contributed by atoms with van der Waals surface area (Å²) in [5.41, 5.74) is 3.13. The Bertz CT molecular complexity index is 1040. The number of aliphatic hydroxyl groups is 1. The monoisotopic (exact) mass is 511 g/mol. The Hall–Kier alpha value is -3.24. The van der Waals surface area contributed by atoms with E-state index in [4.69, 9.17) is 14.2 Å². The van der Waals surface area contributed by atoms with Gasteiger partial charge in [0.15, 0.2) is 6.29 Å². The molecule has 0 spiro atoms. The van der Waals surface area contributed by atoms with E-state index in [2.05, 4.69) is 29.0 Å². The second-order valence-corrected chi connectivity index (χ2v) is 9.07. The molecule has 2 amide bonds. The molecule has 200 valence electrons. The number of ether oxygens (including phenoxy) is 3. The summed E-state index contributed by atoms with van der Waals surface area (Å²) in [7, 11) is 2.02. The molecule has 9 nitrogen and oxygen atoms in total. The van der Waals surface area contributed by atoms with Crippen LogP contribution >= 0.6 is 0 Å². The fraction of sp³-hybridized carbons (Fsp3) is 0.429. The van der Waals surface area contributed by atoms with Crippen LogP contribution in [0.2, 0.25) is 0 Å². The number of rotatable bonds is 11. The predicted octanol–water partition coefficient (Wildman–Crippen LogP) is 3.77. The van der Waals surface area contributed by atoms with Crippen LogP contribution in [0.15, 0.2) is 61.2 Å². The number of anilines is 1. The maximum Gasteiger partial charge on any atom is 0.325 e. The molecule has 3 N–H and O–H groups in total. The van der Waals surface area contributed by atoms with Crippen molar-refractivity contribution in [3.63, 3.8) is 0 Å². The van der Waals surface area contributed by atoms with E-state index in [1.807, 2.05) is 49.5 Å². The highest BCUT2D eigenvalue weighted by atomic mass is 16.7. The first-order valence-corrected chi connectivity index (χ1v) is 12.4. The molecule has 2 aromatic carbocycles. The number of nitrogens with one attached hydrogen (secondary N) is 2. The fourth-order valence-corrected chi connectivity index (χ4v) is 4.23. The van der Waals surface area contributed by atoms with Gasteiger partial charge in [-0.05, 0) is 37.2 Å². The van der Waals surface area contributed by atoms with Crippen molar-refractivity contribution in [3.8, 4) is 0 Å². The highest BCUT2D eigenvalue weighted by molar-refractivity contribution is 5.91. The van der Waals surface area contributed by atoms with E-state index >= 15 is 0 Å². The van der Waals surface area contributed by atoms with Gasteiger partial charge in [0.1, 0.15) is 6.54 Å². The molecule has 1 fully saturated rings. The summed E-state index contributed by atoms with van der Waals surface area (Å²) in [5, 5.41) is 14.6. The molecule has 0 aromatic heterocycles. The summed E-state index contributed by atoms with van der Waals surface area (Å²) in [6, 6.07) is 14.5. The zero-order valence-electron chi connectivity index (χ0n) is 21.7. The lowest BCUT2D eigenvalue weighted by Gasteiger charge is -2.42. The zero-order valence-corrected chi connectivity index (χ0v) is 21.7. The van der Waals surface area contributed by atoms with Gasteiger partial charge >= 0.3 is 12.0 Å². The van der Waals surface area contributed by atoms with Crippen molar-refractivity contribution in [1.82, 2.24) is 10.2 Å². The maximum absolute atomic E-state index is 12.3. The first kappa shape index (κ1) is 28.3.